The summed E-state index contributed by atoms with van der Waals surface area (Å²) in [6, 6.07) is 10.9. The van der Waals surface area contributed by atoms with Crippen LogP contribution < -0.4 is 0 Å². The van der Waals surface area contributed by atoms with Crippen LogP contribution in [0.3, 0.4) is 0 Å². The molecule has 17 heavy (non-hydrogen) atoms. The second kappa shape index (κ2) is 3.50. The van der Waals surface area contributed by atoms with Crippen molar-refractivity contribution in [1.29, 1.82) is 0 Å². The number of rotatable bonds is 0. The van der Waals surface area contributed by atoms with Crippen molar-refractivity contribution in [2.75, 3.05) is 0 Å². The number of fused-ring (bicyclic) bond motifs is 2. The molecule has 84 valence electrons. The van der Waals surface area contributed by atoms with E-state index < -0.39 is 0 Å². The Labute approximate surface area is 102 Å². The molecule has 3 rings (SSSR count). The number of nitrogens with zero attached hydrogens (tertiary/aromatic N) is 1. The van der Waals surface area contributed by atoms with Crippen molar-refractivity contribution < 1.29 is 10.2 Å². The van der Waals surface area contributed by atoms with E-state index in [1.807, 2.05) is 24.3 Å². The van der Waals surface area contributed by atoms with Gasteiger partial charge in [0.2, 0.25) is 0 Å². The zero-order valence-electron chi connectivity index (χ0n) is 8.68. The van der Waals surface area contributed by atoms with Crippen LogP contribution in [-0.4, -0.2) is 15.2 Å². The Morgan fingerprint density at radius 3 is 2.53 bits per heavy atom. The fourth-order valence-electron chi connectivity index (χ4n) is 1.86. The molecule has 3 nitrogen and oxygen atoms in total. The molecule has 0 saturated carbocycles. The number of phenols is 2. The van der Waals surface area contributed by atoms with E-state index in [0.29, 0.717) is 10.9 Å². The van der Waals surface area contributed by atoms with Crippen LogP contribution in [0.15, 0.2) is 36.4 Å². The van der Waals surface area contributed by atoms with E-state index in [0.717, 1.165) is 10.9 Å². The van der Waals surface area contributed by atoms with Crippen LogP contribution in [0.1, 0.15) is 0 Å². The minimum atomic E-state index is -0.309. The molecule has 4 heteroatoms. The minimum absolute atomic E-state index is 0.0952. The SMILES string of the molecule is Oc1c(Cl)cc2nc3ccccc3cc2c1O. The van der Waals surface area contributed by atoms with Crippen molar-refractivity contribution in [1.82, 2.24) is 4.98 Å². The summed E-state index contributed by atoms with van der Waals surface area (Å²) in [5, 5.41) is 20.9. The van der Waals surface area contributed by atoms with E-state index in [1.54, 1.807) is 12.1 Å². The molecule has 2 N–H and O–H groups in total. The van der Waals surface area contributed by atoms with E-state index in [-0.39, 0.29) is 16.5 Å². The van der Waals surface area contributed by atoms with E-state index in [1.165, 1.54) is 0 Å². The lowest BCUT2D eigenvalue weighted by Crippen LogP contribution is -1.84. The summed E-state index contributed by atoms with van der Waals surface area (Å²) < 4.78 is 0. The van der Waals surface area contributed by atoms with Crippen LogP contribution >= 0.6 is 11.6 Å². The Hall–Kier alpha value is -2.00. The summed E-state index contributed by atoms with van der Waals surface area (Å²) in [6.07, 6.45) is 0. The molecule has 0 aliphatic carbocycles. The van der Waals surface area contributed by atoms with Crippen molar-refractivity contribution >= 4 is 33.4 Å². The number of para-hydroxylation sites is 1. The van der Waals surface area contributed by atoms with Gasteiger partial charge in [-0.05, 0) is 18.2 Å². The van der Waals surface area contributed by atoms with E-state index >= 15 is 0 Å². The van der Waals surface area contributed by atoms with E-state index in [4.69, 9.17) is 11.6 Å². The molecule has 0 fully saturated rings. The lowest BCUT2D eigenvalue weighted by Gasteiger charge is -2.06. The first-order chi connectivity index (χ1) is 8.16. The third kappa shape index (κ3) is 1.47. The van der Waals surface area contributed by atoms with Gasteiger partial charge in [0.05, 0.1) is 16.1 Å². The van der Waals surface area contributed by atoms with Gasteiger partial charge in [-0.25, -0.2) is 4.98 Å². The lowest BCUT2D eigenvalue weighted by molar-refractivity contribution is 0.408. The quantitative estimate of drug-likeness (QED) is 0.471. The van der Waals surface area contributed by atoms with Gasteiger partial charge in [-0.15, -0.1) is 0 Å². The van der Waals surface area contributed by atoms with Crippen LogP contribution in [0.25, 0.3) is 21.8 Å². The highest BCUT2D eigenvalue weighted by Crippen LogP contribution is 2.39. The molecule has 0 bridgehead atoms. The minimum Gasteiger partial charge on any atom is -0.504 e. The Bertz CT molecular complexity index is 740. The second-order valence-electron chi connectivity index (χ2n) is 3.80. The maximum Gasteiger partial charge on any atom is 0.177 e. The molecule has 1 heterocycles. The molecule has 0 amide bonds. The number of aromatic nitrogens is 1. The smallest absolute Gasteiger partial charge is 0.177 e. The molecule has 2 aromatic carbocycles. The lowest BCUT2D eigenvalue weighted by atomic mass is 10.1. The highest BCUT2D eigenvalue weighted by Gasteiger charge is 2.12. The van der Waals surface area contributed by atoms with Crippen molar-refractivity contribution in [3.63, 3.8) is 0 Å². The van der Waals surface area contributed by atoms with Crippen LogP contribution in [0, 0.1) is 0 Å². The van der Waals surface area contributed by atoms with Crippen LogP contribution in [0.4, 0.5) is 0 Å². The molecule has 0 atom stereocenters. The van der Waals surface area contributed by atoms with Gasteiger partial charge in [-0.2, -0.15) is 0 Å². The third-order valence-corrected chi connectivity index (χ3v) is 3.01. The number of halogens is 1. The van der Waals surface area contributed by atoms with Crippen molar-refractivity contribution in [3.8, 4) is 11.5 Å². The Kier molecular flexibility index (Phi) is 2.09. The molecule has 0 aliphatic rings. The fraction of sp³-hybridized carbons (Fsp3) is 0. The van der Waals surface area contributed by atoms with E-state index in [9.17, 15) is 10.2 Å². The van der Waals surface area contributed by atoms with Crippen LogP contribution in [-0.2, 0) is 0 Å². The topological polar surface area (TPSA) is 53.4 Å². The zero-order valence-corrected chi connectivity index (χ0v) is 9.44. The number of benzene rings is 2. The fourth-order valence-corrected chi connectivity index (χ4v) is 2.05. The van der Waals surface area contributed by atoms with Gasteiger partial charge in [0.15, 0.2) is 11.5 Å². The molecular weight excluding hydrogens is 238 g/mol. The average Bonchev–Trinajstić information content (AvgIpc) is 2.34. The van der Waals surface area contributed by atoms with Crippen molar-refractivity contribution in [2.45, 2.75) is 0 Å². The average molecular weight is 246 g/mol. The van der Waals surface area contributed by atoms with E-state index in [2.05, 4.69) is 4.98 Å². The van der Waals surface area contributed by atoms with Gasteiger partial charge in [-0.3, -0.25) is 0 Å². The maximum atomic E-state index is 9.82. The molecular formula is C13H8ClNO2. The summed E-state index contributed by atoms with van der Waals surface area (Å²) >= 11 is 5.79. The predicted molar refractivity (Wildman–Crippen MR) is 67.6 cm³/mol. The van der Waals surface area contributed by atoms with Gasteiger partial charge in [0.1, 0.15) is 0 Å². The maximum absolute atomic E-state index is 9.82. The Balaban J connectivity index is 2.52. The van der Waals surface area contributed by atoms with Gasteiger partial charge in [0.25, 0.3) is 0 Å². The third-order valence-electron chi connectivity index (χ3n) is 2.72. The number of hydrogen-bond acceptors (Lipinski definition) is 3. The number of hydrogen-bond donors (Lipinski definition) is 2. The zero-order chi connectivity index (χ0) is 12.0. The Morgan fingerprint density at radius 2 is 1.71 bits per heavy atom. The molecule has 3 aromatic rings. The summed E-state index contributed by atoms with van der Waals surface area (Å²) in [7, 11) is 0. The van der Waals surface area contributed by atoms with Crippen LogP contribution in [0.5, 0.6) is 11.5 Å². The second-order valence-corrected chi connectivity index (χ2v) is 4.21. The summed E-state index contributed by atoms with van der Waals surface area (Å²) in [5.74, 6) is -0.540. The van der Waals surface area contributed by atoms with Gasteiger partial charge in [0, 0.05) is 10.8 Å². The number of phenolic OH excluding ortho intramolecular Hbond substituents is 2. The summed E-state index contributed by atoms with van der Waals surface area (Å²) in [6.45, 7) is 0. The monoisotopic (exact) mass is 245 g/mol. The normalized spacial score (nSPS) is 11.1. The van der Waals surface area contributed by atoms with Crippen molar-refractivity contribution in [2.24, 2.45) is 0 Å². The van der Waals surface area contributed by atoms with Crippen molar-refractivity contribution in [3.05, 3.63) is 41.4 Å². The highest BCUT2D eigenvalue weighted by atomic mass is 35.5. The summed E-state index contributed by atoms with van der Waals surface area (Å²) in [5.41, 5.74) is 1.38. The molecule has 0 unspecified atom stereocenters. The first kappa shape index (κ1) is 10.2. The molecule has 0 radical (unpaired) electrons. The van der Waals surface area contributed by atoms with Gasteiger partial charge >= 0.3 is 0 Å². The van der Waals surface area contributed by atoms with Gasteiger partial charge < -0.3 is 10.2 Å². The first-order valence-corrected chi connectivity index (χ1v) is 5.44. The standard InChI is InChI=1S/C13H8ClNO2/c14-9-6-11-8(12(16)13(9)17)5-7-3-1-2-4-10(7)15-11/h1-6,16-17H. The van der Waals surface area contributed by atoms with Crippen LogP contribution in [0.2, 0.25) is 5.02 Å². The first-order valence-electron chi connectivity index (χ1n) is 5.07. The number of aromatic hydroxyl groups is 2. The largest absolute Gasteiger partial charge is 0.504 e. The number of pyridine rings is 1. The summed E-state index contributed by atoms with van der Waals surface area (Å²) in [4.78, 5) is 4.38. The van der Waals surface area contributed by atoms with Gasteiger partial charge in [-0.1, -0.05) is 29.8 Å². The Morgan fingerprint density at radius 1 is 0.941 bits per heavy atom. The predicted octanol–water partition coefficient (Wildman–Crippen LogP) is 3.45. The molecule has 1 aromatic heterocycles. The molecule has 0 saturated heterocycles. The highest BCUT2D eigenvalue weighted by molar-refractivity contribution is 6.33. The molecule has 0 spiro atoms. The molecule has 0 aliphatic heterocycles.